The zero-order chi connectivity index (χ0) is 16.3. The van der Waals surface area contributed by atoms with E-state index in [9.17, 15) is 9.59 Å². The molecule has 0 saturated heterocycles. The van der Waals surface area contributed by atoms with E-state index in [2.05, 4.69) is 26.2 Å². The molecule has 0 radical (unpaired) electrons. The molecular weight excluding hydrogens is 348 g/mol. The number of amides is 1. The van der Waals surface area contributed by atoms with E-state index in [0.717, 1.165) is 11.3 Å². The topological polar surface area (TPSA) is 71.2 Å². The molecule has 0 bridgehead atoms. The summed E-state index contributed by atoms with van der Waals surface area (Å²) in [5, 5.41) is 2.76. The van der Waals surface area contributed by atoms with Crippen LogP contribution in [0, 0.1) is 13.8 Å². The Hall–Kier alpha value is -2.08. The highest BCUT2D eigenvalue weighted by molar-refractivity contribution is 9.10. The number of aromatic nitrogens is 1. The van der Waals surface area contributed by atoms with Crippen LogP contribution in [-0.2, 0) is 6.54 Å². The van der Waals surface area contributed by atoms with Crippen LogP contribution >= 0.6 is 15.9 Å². The Labute approximate surface area is 136 Å². The van der Waals surface area contributed by atoms with E-state index < -0.39 is 0 Å². The zero-order valence-electron chi connectivity index (χ0n) is 12.6. The highest BCUT2D eigenvalue weighted by atomic mass is 79.9. The number of hydrogen-bond acceptors (Lipinski definition) is 3. The molecule has 2 aromatic rings. The van der Waals surface area contributed by atoms with Crippen LogP contribution in [-0.4, -0.2) is 18.0 Å². The Morgan fingerprint density at radius 1 is 1.32 bits per heavy atom. The summed E-state index contributed by atoms with van der Waals surface area (Å²) in [6.45, 7) is 3.85. The highest BCUT2D eigenvalue weighted by Gasteiger charge is 2.13. The fourth-order valence-electron chi connectivity index (χ4n) is 2.17. The van der Waals surface area contributed by atoms with E-state index in [4.69, 9.17) is 4.74 Å². The first-order valence-electron chi connectivity index (χ1n) is 6.73. The van der Waals surface area contributed by atoms with Crippen molar-refractivity contribution in [1.82, 2.24) is 10.3 Å². The first-order chi connectivity index (χ1) is 10.4. The van der Waals surface area contributed by atoms with Crippen LogP contribution in [0.4, 0.5) is 0 Å². The number of aryl methyl sites for hydroxylation is 2. The number of nitrogens with one attached hydrogen (secondary N) is 2. The van der Waals surface area contributed by atoms with Crippen molar-refractivity contribution in [3.63, 3.8) is 0 Å². The third-order valence-corrected chi connectivity index (χ3v) is 4.03. The van der Waals surface area contributed by atoms with Crippen molar-refractivity contribution < 1.29 is 9.53 Å². The Balaban J connectivity index is 2.19. The van der Waals surface area contributed by atoms with Crippen molar-refractivity contribution in [2.24, 2.45) is 0 Å². The Bertz CT molecular complexity index is 768. The molecule has 1 heterocycles. The summed E-state index contributed by atoms with van der Waals surface area (Å²) in [5.74, 6) is 0.322. The van der Waals surface area contributed by atoms with Gasteiger partial charge in [0.25, 0.3) is 11.5 Å². The lowest BCUT2D eigenvalue weighted by molar-refractivity contribution is 0.0949. The minimum absolute atomic E-state index is 0.171. The minimum atomic E-state index is -0.273. The fourth-order valence-corrected chi connectivity index (χ4v) is 2.60. The molecule has 22 heavy (non-hydrogen) atoms. The molecule has 2 N–H and O–H groups in total. The number of carbonyl (C=O) groups is 1. The number of carbonyl (C=O) groups excluding carboxylic acids is 1. The predicted molar refractivity (Wildman–Crippen MR) is 88.4 cm³/mol. The largest absolute Gasteiger partial charge is 0.497 e. The fraction of sp³-hybridized carbons (Fsp3) is 0.250. The summed E-state index contributed by atoms with van der Waals surface area (Å²) in [7, 11) is 1.54. The lowest BCUT2D eigenvalue weighted by Crippen LogP contribution is -2.28. The molecule has 0 unspecified atom stereocenters. The normalized spacial score (nSPS) is 10.4. The second-order valence-corrected chi connectivity index (χ2v) is 5.83. The summed E-state index contributed by atoms with van der Waals surface area (Å²) >= 11 is 3.34. The van der Waals surface area contributed by atoms with E-state index in [1.165, 1.54) is 0 Å². The van der Waals surface area contributed by atoms with E-state index in [0.29, 0.717) is 21.3 Å². The van der Waals surface area contributed by atoms with Crippen molar-refractivity contribution in [2.75, 3.05) is 7.11 Å². The lowest BCUT2D eigenvalue weighted by atomic mass is 10.1. The second kappa shape index (κ2) is 6.79. The van der Waals surface area contributed by atoms with E-state index in [1.807, 2.05) is 19.9 Å². The summed E-state index contributed by atoms with van der Waals surface area (Å²) < 4.78 is 5.79. The van der Waals surface area contributed by atoms with Crippen LogP contribution in [0.1, 0.15) is 27.2 Å². The number of aromatic amines is 1. The number of ether oxygens (including phenoxy) is 1. The molecule has 1 amide bonds. The maximum atomic E-state index is 12.3. The molecule has 0 spiro atoms. The van der Waals surface area contributed by atoms with Gasteiger partial charge in [0, 0.05) is 22.3 Å². The number of hydrogen-bond donors (Lipinski definition) is 2. The summed E-state index contributed by atoms with van der Waals surface area (Å²) in [6, 6.07) is 7.03. The van der Waals surface area contributed by atoms with Crippen LogP contribution in [0.5, 0.6) is 5.75 Å². The third-order valence-electron chi connectivity index (χ3n) is 3.34. The number of pyridine rings is 1. The van der Waals surface area contributed by atoms with Crippen LogP contribution in [0.25, 0.3) is 0 Å². The summed E-state index contributed by atoms with van der Waals surface area (Å²) in [6.07, 6.45) is 0. The molecular formula is C16H17BrN2O3. The molecule has 1 aromatic heterocycles. The number of benzene rings is 1. The summed E-state index contributed by atoms with van der Waals surface area (Å²) in [4.78, 5) is 27.0. The second-order valence-electron chi connectivity index (χ2n) is 4.97. The molecule has 2 rings (SSSR count). The predicted octanol–water partition coefficient (Wildman–Crippen LogP) is 2.69. The van der Waals surface area contributed by atoms with Gasteiger partial charge in [-0.2, -0.15) is 0 Å². The van der Waals surface area contributed by atoms with Crippen molar-refractivity contribution in [3.8, 4) is 5.75 Å². The van der Waals surface area contributed by atoms with Gasteiger partial charge in [0.15, 0.2) is 0 Å². The molecule has 0 aliphatic rings. The van der Waals surface area contributed by atoms with Crippen LogP contribution < -0.4 is 15.6 Å². The first kappa shape index (κ1) is 16.3. The van der Waals surface area contributed by atoms with Crippen molar-refractivity contribution in [3.05, 3.63) is 61.5 Å². The highest BCUT2D eigenvalue weighted by Crippen LogP contribution is 2.22. The maximum Gasteiger partial charge on any atom is 0.253 e. The molecule has 5 nitrogen and oxygen atoms in total. The molecule has 0 atom stereocenters. The van der Waals surface area contributed by atoms with Gasteiger partial charge in [-0.05, 0) is 59.6 Å². The van der Waals surface area contributed by atoms with Crippen LogP contribution in [0.3, 0.4) is 0 Å². The summed E-state index contributed by atoms with van der Waals surface area (Å²) in [5.41, 5.74) is 2.49. The minimum Gasteiger partial charge on any atom is -0.497 e. The third kappa shape index (κ3) is 3.57. The lowest BCUT2D eigenvalue weighted by Gasteiger charge is -2.10. The van der Waals surface area contributed by atoms with E-state index in [-0.39, 0.29) is 18.0 Å². The molecule has 0 aliphatic carbocycles. The number of methoxy groups -OCH3 is 1. The first-order valence-corrected chi connectivity index (χ1v) is 7.53. The average Bonchev–Trinajstić information content (AvgIpc) is 2.46. The monoisotopic (exact) mass is 364 g/mol. The standard InChI is InChI=1S/C16H17BrN2O3/c1-9-6-10(2)19-16(21)13(9)8-18-15(20)12-7-11(22-3)4-5-14(12)17/h4-7H,8H2,1-3H3,(H,18,20)(H,19,21). The van der Waals surface area contributed by atoms with Gasteiger partial charge >= 0.3 is 0 Å². The number of rotatable bonds is 4. The van der Waals surface area contributed by atoms with Gasteiger partial charge in [0.1, 0.15) is 5.75 Å². The molecule has 116 valence electrons. The Kier molecular flexibility index (Phi) is 5.03. The maximum absolute atomic E-state index is 12.3. The smallest absolute Gasteiger partial charge is 0.253 e. The van der Waals surface area contributed by atoms with Crippen molar-refractivity contribution in [1.29, 1.82) is 0 Å². The molecule has 0 saturated carbocycles. The molecule has 6 heteroatoms. The van der Waals surface area contributed by atoms with E-state index >= 15 is 0 Å². The average molecular weight is 365 g/mol. The van der Waals surface area contributed by atoms with Gasteiger partial charge in [-0.15, -0.1) is 0 Å². The molecule has 1 aromatic carbocycles. The van der Waals surface area contributed by atoms with E-state index in [1.54, 1.807) is 25.3 Å². The number of H-pyrrole nitrogens is 1. The molecule has 0 fully saturated rings. The van der Waals surface area contributed by atoms with Crippen LogP contribution in [0.2, 0.25) is 0 Å². The van der Waals surface area contributed by atoms with Gasteiger partial charge in [-0.1, -0.05) is 0 Å². The van der Waals surface area contributed by atoms with Gasteiger partial charge in [0.05, 0.1) is 12.7 Å². The van der Waals surface area contributed by atoms with Crippen LogP contribution in [0.15, 0.2) is 33.5 Å². The Morgan fingerprint density at radius 3 is 2.68 bits per heavy atom. The Morgan fingerprint density at radius 2 is 2.05 bits per heavy atom. The van der Waals surface area contributed by atoms with Crippen molar-refractivity contribution in [2.45, 2.75) is 20.4 Å². The SMILES string of the molecule is COc1ccc(Br)c(C(=O)NCc2c(C)cc(C)[nH]c2=O)c1. The van der Waals surface area contributed by atoms with Gasteiger partial charge in [-0.25, -0.2) is 0 Å². The van der Waals surface area contributed by atoms with Gasteiger partial charge in [0.2, 0.25) is 0 Å². The number of halogens is 1. The zero-order valence-corrected chi connectivity index (χ0v) is 14.2. The van der Waals surface area contributed by atoms with Crippen molar-refractivity contribution >= 4 is 21.8 Å². The van der Waals surface area contributed by atoms with Gasteiger partial charge in [-0.3, -0.25) is 9.59 Å². The molecule has 0 aliphatic heterocycles. The van der Waals surface area contributed by atoms with Gasteiger partial charge < -0.3 is 15.0 Å². The quantitative estimate of drug-likeness (QED) is 0.875.